The molecular weight excluding hydrogens is 364 g/mol. The predicted octanol–water partition coefficient (Wildman–Crippen LogP) is 3.95. The molecule has 0 fully saturated rings. The van der Waals surface area contributed by atoms with Crippen molar-refractivity contribution in [2.24, 2.45) is 0 Å². The first-order chi connectivity index (χ1) is 13.1. The van der Waals surface area contributed by atoms with E-state index in [4.69, 9.17) is 11.6 Å². The van der Waals surface area contributed by atoms with Crippen LogP contribution in [-0.2, 0) is 4.79 Å². The van der Waals surface area contributed by atoms with Gasteiger partial charge in [-0.1, -0.05) is 29.8 Å². The third-order valence-corrected chi connectivity index (χ3v) is 4.47. The fraction of sp³-hybridized carbons (Fsp3) is 0.0500. The van der Waals surface area contributed by atoms with Crippen LogP contribution in [0, 0.1) is 0 Å². The molecule has 4 rings (SSSR count). The maximum Gasteiger partial charge on any atom is 0.257 e. The van der Waals surface area contributed by atoms with E-state index in [0.29, 0.717) is 16.3 Å². The number of pyridine rings is 1. The van der Waals surface area contributed by atoms with Crippen molar-refractivity contribution in [1.29, 1.82) is 0 Å². The summed E-state index contributed by atoms with van der Waals surface area (Å²) in [6, 6.07) is 14.2. The molecule has 1 unspecified atom stereocenters. The summed E-state index contributed by atoms with van der Waals surface area (Å²) in [5.74, 6) is -0.540. The zero-order valence-electron chi connectivity index (χ0n) is 14.1. The summed E-state index contributed by atoms with van der Waals surface area (Å²) in [6.45, 7) is 0. The molecule has 1 atom stereocenters. The number of anilines is 1. The van der Waals surface area contributed by atoms with Gasteiger partial charge >= 0.3 is 0 Å². The lowest BCUT2D eigenvalue weighted by Crippen LogP contribution is -2.20. The number of carbonyl (C=O) groups is 1. The highest BCUT2D eigenvalue weighted by molar-refractivity contribution is 6.30. The third-order valence-electron chi connectivity index (χ3n) is 4.21. The molecule has 0 aliphatic heterocycles. The Morgan fingerprint density at radius 3 is 2.67 bits per heavy atom. The molecule has 2 aromatic heterocycles. The molecular formula is C20H15ClN4O2. The number of benzene rings is 2. The number of carbonyl (C=O) groups excluding carboxylic acids is 1. The maximum atomic E-state index is 12.4. The lowest BCUT2D eigenvalue weighted by Gasteiger charge is -2.12. The molecule has 2 aromatic carbocycles. The number of aromatic nitrogens is 3. The molecule has 7 heteroatoms. The van der Waals surface area contributed by atoms with Gasteiger partial charge in [-0.05, 0) is 41.5 Å². The first-order valence-corrected chi connectivity index (χ1v) is 8.61. The van der Waals surface area contributed by atoms with Crippen LogP contribution in [0.25, 0.3) is 22.0 Å². The van der Waals surface area contributed by atoms with Gasteiger partial charge < -0.3 is 10.4 Å². The Kier molecular flexibility index (Phi) is 4.58. The first-order valence-electron chi connectivity index (χ1n) is 8.23. The molecule has 27 heavy (non-hydrogen) atoms. The van der Waals surface area contributed by atoms with Gasteiger partial charge in [0, 0.05) is 22.2 Å². The maximum absolute atomic E-state index is 12.4. The summed E-state index contributed by atoms with van der Waals surface area (Å²) >= 11 is 5.83. The van der Waals surface area contributed by atoms with Gasteiger partial charge in [0.2, 0.25) is 0 Å². The van der Waals surface area contributed by atoms with E-state index >= 15 is 0 Å². The number of H-pyrrole nitrogens is 1. The molecule has 0 radical (unpaired) electrons. The second kappa shape index (κ2) is 7.19. The number of amides is 1. The highest BCUT2D eigenvalue weighted by Gasteiger charge is 2.17. The lowest BCUT2D eigenvalue weighted by molar-refractivity contribution is -0.124. The summed E-state index contributed by atoms with van der Waals surface area (Å²) in [7, 11) is 0. The van der Waals surface area contributed by atoms with Crippen LogP contribution in [0.3, 0.4) is 0 Å². The Labute approximate surface area is 159 Å². The van der Waals surface area contributed by atoms with Gasteiger partial charge in [0.25, 0.3) is 5.91 Å². The van der Waals surface area contributed by atoms with Crippen molar-refractivity contribution in [2.75, 3.05) is 5.32 Å². The molecule has 134 valence electrons. The van der Waals surface area contributed by atoms with Crippen molar-refractivity contribution in [2.45, 2.75) is 6.10 Å². The number of hydrogen-bond donors (Lipinski definition) is 3. The van der Waals surface area contributed by atoms with Crippen LogP contribution < -0.4 is 5.32 Å². The minimum atomic E-state index is -1.30. The highest BCUT2D eigenvalue weighted by atomic mass is 35.5. The summed E-state index contributed by atoms with van der Waals surface area (Å²) in [6.07, 6.45) is 3.70. The molecule has 0 spiro atoms. The van der Waals surface area contributed by atoms with E-state index in [1.54, 1.807) is 42.7 Å². The van der Waals surface area contributed by atoms with E-state index in [1.807, 2.05) is 18.2 Å². The monoisotopic (exact) mass is 378 g/mol. The topological polar surface area (TPSA) is 90.9 Å². The summed E-state index contributed by atoms with van der Waals surface area (Å²) in [5, 5.41) is 21.4. The van der Waals surface area contributed by atoms with Crippen LogP contribution in [0.4, 0.5) is 5.69 Å². The van der Waals surface area contributed by atoms with Crippen molar-refractivity contribution in [1.82, 2.24) is 15.2 Å². The molecule has 0 aliphatic rings. The van der Waals surface area contributed by atoms with Crippen molar-refractivity contribution in [3.8, 4) is 11.1 Å². The zero-order chi connectivity index (χ0) is 18.8. The van der Waals surface area contributed by atoms with Crippen molar-refractivity contribution in [3.05, 3.63) is 77.7 Å². The van der Waals surface area contributed by atoms with E-state index in [-0.39, 0.29) is 0 Å². The van der Waals surface area contributed by atoms with Gasteiger partial charge in [-0.25, -0.2) is 0 Å². The summed E-state index contributed by atoms with van der Waals surface area (Å²) in [5.41, 5.74) is 3.70. The number of hydrogen-bond acceptors (Lipinski definition) is 4. The number of aliphatic hydroxyl groups is 1. The zero-order valence-corrected chi connectivity index (χ0v) is 14.8. The second-order valence-electron chi connectivity index (χ2n) is 6.08. The molecule has 3 N–H and O–H groups in total. The van der Waals surface area contributed by atoms with E-state index < -0.39 is 12.0 Å². The molecule has 0 saturated heterocycles. The van der Waals surface area contributed by atoms with Gasteiger partial charge in [0.15, 0.2) is 6.10 Å². The van der Waals surface area contributed by atoms with Gasteiger partial charge in [-0.2, -0.15) is 5.10 Å². The fourth-order valence-corrected chi connectivity index (χ4v) is 2.92. The molecule has 1 amide bonds. The predicted molar refractivity (Wildman–Crippen MR) is 104 cm³/mol. The number of halogens is 1. The molecule has 2 heterocycles. The number of aliphatic hydroxyl groups excluding tert-OH is 1. The second-order valence-corrected chi connectivity index (χ2v) is 6.51. The smallest absolute Gasteiger partial charge is 0.257 e. The first kappa shape index (κ1) is 17.2. The summed E-state index contributed by atoms with van der Waals surface area (Å²) < 4.78 is 0. The minimum Gasteiger partial charge on any atom is -0.378 e. The molecule has 4 aromatic rings. The van der Waals surface area contributed by atoms with Gasteiger partial charge in [0.05, 0.1) is 23.6 Å². The number of nitrogens with one attached hydrogen (secondary N) is 2. The highest BCUT2D eigenvalue weighted by Crippen LogP contribution is 2.25. The van der Waals surface area contributed by atoms with Crippen molar-refractivity contribution in [3.63, 3.8) is 0 Å². The molecule has 0 bridgehead atoms. The van der Waals surface area contributed by atoms with Gasteiger partial charge in [-0.3, -0.25) is 14.9 Å². The van der Waals surface area contributed by atoms with Crippen LogP contribution in [-0.4, -0.2) is 26.2 Å². The van der Waals surface area contributed by atoms with E-state index in [1.165, 1.54) is 6.20 Å². The third kappa shape index (κ3) is 3.67. The van der Waals surface area contributed by atoms with Gasteiger partial charge in [0.1, 0.15) is 0 Å². The average Bonchev–Trinajstić information content (AvgIpc) is 3.16. The Balaban J connectivity index is 1.55. The van der Waals surface area contributed by atoms with E-state index in [0.717, 1.165) is 22.0 Å². The Bertz CT molecular complexity index is 1110. The number of rotatable bonds is 4. The van der Waals surface area contributed by atoms with Crippen LogP contribution in [0.5, 0.6) is 0 Å². The van der Waals surface area contributed by atoms with Crippen LogP contribution >= 0.6 is 11.6 Å². The average molecular weight is 379 g/mol. The van der Waals surface area contributed by atoms with E-state index in [2.05, 4.69) is 20.5 Å². The lowest BCUT2D eigenvalue weighted by atomic mass is 10.1. The fourth-order valence-electron chi connectivity index (χ4n) is 2.80. The van der Waals surface area contributed by atoms with Crippen molar-refractivity contribution >= 4 is 34.1 Å². The van der Waals surface area contributed by atoms with Crippen LogP contribution in [0.2, 0.25) is 5.02 Å². The van der Waals surface area contributed by atoms with E-state index in [9.17, 15) is 9.90 Å². The molecule has 0 saturated carbocycles. The Hall–Kier alpha value is -3.22. The molecule has 0 aliphatic carbocycles. The largest absolute Gasteiger partial charge is 0.378 e. The van der Waals surface area contributed by atoms with Crippen LogP contribution in [0.15, 0.2) is 67.1 Å². The number of fused-ring (bicyclic) bond motifs is 1. The van der Waals surface area contributed by atoms with Crippen LogP contribution in [0.1, 0.15) is 11.7 Å². The minimum absolute atomic E-state index is 0.464. The standard InChI is InChI=1S/C20H15ClN4O2/c21-16-4-1-12(2-5-16)19(26)20(27)24-17-8-14(9-22-11-17)13-3-6-18-15(7-13)10-23-25-18/h1-11,19,26H,(H,23,25)(H,24,27). The number of nitrogens with zero attached hydrogens (tertiary/aromatic N) is 2. The Morgan fingerprint density at radius 1 is 1.04 bits per heavy atom. The summed E-state index contributed by atoms with van der Waals surface area (Å²) in [4.78, 5) is 16.5. The Morgan fingerprint density at radius 2 is 1.85 bits per heavy atom. The molecule has 6 nitrogen and oxygen atoms in total. The SMILES string of the molecule is O=C(Nc1cncc(-c2ccc3[nH]ncc3c2)c1)C(O)c1ccc(Cl)cc1. The van der Waals surface area contributed by atoms with Gasteiger partial charge in [-0.15, -0.1) is 0 Å². The number of aromatic amines is 1. The quantitative estimate of drug-likeness (QED) is 0.501. The van der Waals surface area contributed by atoms with Crippen molar-refractivity contribution < 1.29 is 9.90 Å². The normalized spacial score (nSPS) is 12.1.